The number of nitrogens with zero attached hydrogens (tertiary/aromatic N) is 3. The largest absolute Gasteiger partial charge is 0.361 e. The number of carbonyl (C=O) groups excluding carboxylic acids is 2. The molecule has 0 radical (unpaired) electrons. The fourth-order valence-electron chi connectivity index (χ4n) is 4.39. The predicted octanol–water partition coefficient (Wildman–Crippen LogP) is 3.22. The van der Waals surface area contributed by atoms with E-state index in [1.54, 1.807) is 36.3 Å². The molecule has 1 saturated heterocycles. The van der Waals surface area contributed by atoms with Crippen molar-refractivity contribution in [3.8, 4) is 11.1 Å². The summed E-state index contributed by atoms with van der Waals surface area (Å²) in [5.41, 5.74) is 2.87. The van der Waals surface area contributed by atoms with Crippen LogP contribution in [-0.2, 0) is 27.2 Å². The fourth-order valence-corrected chi connectivity index (χ4v) is 4.39. The van der Waals surface area contributed by atoms with Gasteiger partial charge in [-0.25, -0.2) is 0 Å². The highest BCUT2D eigenvalue weighted by Gasteiger charge is 2.46. The number of rotatable bonds is 6. The van der Waals surface area contributed by atoms with Crippen LogP contribution >= 0.6 is 0 Å². The zero-order chi connectivity index (χ0) is 23.3. The highest BCUT2D eigenvalue weighted by Crippen LogP contribution is 2.31. The van der Waals surface area contributed by atoms with Crippen LogP contribution in [0.1, 0.15) is 11.1 Å². The summed E-state index contributed by atoms with van der Waals surface area (Å²) < 4.78 is 6.22. The summed E-state index contributed by atoms with van der Waals surface area (Å²) >= 11 is 0. The first-order chi connectivity index (χ1) is 16.0. The molecule has 2 heterocycles. The van der Waals surface area contributed by atoms with Gasteiger partial charge < -0.3 is 14.5 Å². The maximum Gasteiger partial charge on any atom is 0.256 e. The molecule has 3 aromatic rings. The van der Waals surface area contributed by atoms with Gasteiger partial charge in [0.05, 0.1) is 19.6 Å². The average Bonchev–Trinajstić information content (AvgIpc) is 2.85. The van der Waals surface area contributed by atoms with Crippen molar-refractivity contribution in [1.29, 1.82) is 0 Å². The van der Waals surface area contributed by atoms with Crippen LogP contribution in [0.4, 0.5) is 0 Å². The molecular formula is C27H29N3O3. The number of benzene rings is 2. The zero-order valence-corrected chi connectivity index (χ0v) is 19.1. The SMILES string of the molecule is CN(C)C(=O)C1(Cc2ccccc2-c2ccccc2)CN(C(=O)Cc2cccnc2)CCO1. The standard InChI is InChI=1S/C27H29N3O3/c1-29(2)26(32)27(18-23-12-6-7-13-24(23)22-10-4-3-5-11-22)20-30(15-16-33-27)25(31)17-21-9-8-14-28-19-21/h3-14,19H,15-18,20H2,1-2H3. The van der Waals surface area contributed by atoms with Gasteiger partial charge in [0.2, 0.25) is 5.91 Å². The van der Waals surface area contributed by atoms with Gasteiger partial charge in [-0.2, -0.15) is 0 Å². The van der Waals surface area contributed by atoms with Crippen molar-refractivity contribution < 1.29 is 14.3 Å². The summed E-state index contributed by atoms with van der Waals surface area (Å²) in [5.74, 6) is -0.164. The first-order valence-corrected chi connectivity index (χ1v) is 11.1. The minimum Gasteiger partial charge on any atom is -0.361 e. The first-order valence-electron chi connectivity index (χ1n) is 11.1. The van der Waals surface area contributed by atoms with Crippen molar-refractivity contribution >= 4 is 11.8 Å². The van der Waals surface area contributed by atoms with Gasteiger partial charge in [0, 0.05) is 39.5 Å². The van der Waals surface area contributed by atoms with Gasteiger partial charge in [-0.05, 0) is 28.3 Å². The zero-order valence-electron chi connectivity index (χ0n) is 19.1. The molecule has 1 fully saturated rings. The van der Waals surface area contributed by atoms with Gasteiger partial charge in [0.1, 0.15) is 0 Å². The number of pyridine rings is 1. The summed E-state index contributed by atoms with van der Waals surface area (Å²) in [6, 6.07) is 21.9. The lowest BCUT2D eigenvalue weighted by Gasteiger charge is -2.43. The Kier molecular flexibility index (Phi) is 6.84. The van der Waals surface area contributed by atoms with E-state index >= 15 is 0 Å². The van der Waals surface area contributed by atoms with Crippen LogP contribution in [0.3, 0.4) is 0 Å². The average molecular weight is 444 g/mol. The number of morpholine rings is 1. The second-order valence-electron chi connectivity index (χ2n) is 8.60. The van der Waals surface area contributed by atoms with E-state index in [1.165, 1.54) is 0 Å². The Bertz CT molecular complexity index is 1100. The minimum atomic E-state index is -1.14. The second kappa shape index (κ2) is 9.96. The molecule has 33 heavy (non-hydrogen) atoms. The third-order valence-corrected chi connectivity index (χ3v) is 5.99. The Morgan fingerprint density at radius 3 is 2.52 bits per heavy atom. The van der Waals surface area contributed by atoms with Crippen LogP contribution in [0, 0.1) is 0 Å². The maximum atomic E-state index is 13.5. The number of hydrogen-bond acceptors (Lipinski definition) is 4. The van der Waals surface area contributed by atoms with Gasteiger partial charge in [0.25, 0.3) is 5.91 Å². The van der Waals surface area contributed by atoms with Crippen LogP contribution < -0.4 is 0 Å². The third kappa shape index (κ3) is 5.12. The van der Waals surface area contributed by atoms with Crippen LogP contribution in [0.2, 0.25) is 0 Å². The molecule has 170 valence electrons. The second-order valence-corrected chi connectivity index (χ2v) is 8.60. The van der Waals surface area contributed by atoms with Crippen molar-refractivity contribution in [2.45, 2.75) is 18.4 Å². The van der Waals surface area contributed by atoms with Gasteiger partial charge in [0.15, 0.2) is 5.60 Å². The Labute approximate surface area is 194 Å². The lowest BCUT2D eigenvalue weighted by molar-refractivity contribution is -0.172. The molecule has 0 saturated carbocycles. The Hall–Kier alpha value is -3.51. The van der Waals surface area contributed by atoms with Crippen molar-refractivity contribution in [2.75, 3.05) is 33.8 Å². The molecule has 2 amide bonds. The summed E-state index contributed by atoms with van der Waals surface area (Å²) in [6.45, 7) is 0.986. The molecule has 1 unspecified atom stereocenters. The normalized spacial score (nSPS) is 18.1. The molecule has 4 rings (SSSR count). The van der Waals surface area contributed by atoms with Gasteiger partial charge in [-0.3, -0.25) is 14.6 Å². The van der Waals surface area contributed by atoms with Crippen LogP contribution in [-0.4, -0.2) is 66.0 Å². The molecule has 1 aromatic heterocycles. The maximum absolute atomic E-state index is 13.5. The molecule has 0 aliphatic carbocycles. The monoisotopic (exact) mass is 443 g/mol. The number of aromatic nitrogens is 1. The summed E-state index contributed by atoms with van der Waals surface area (Å²) in [6.07, 6.45) is 4.02. The highest BCUT2D eigenvalue weighted by atomic mass is 16.5. The van der Waals surface area contributed by atoms with Crippen LogP contribution in [0.25, 0.3) is 11.1 Å². The van der Waals surface area contributed by atoms with Gasteiger partial charge in [-0.1, -0.05) is 60.7 Å². The third-order valence-electron chi connectivity index (χ3n) is 5.99. The topological polar surface area (TPSA) is 62.7 Å². The quantitative estimate of drug-likeness (QED) is 0.587. The number of ether oxygens (including phenoxy) is 1. The van der Waals surface area contributed by atoms with Gasteiger partial charge >= 0.3 is 0 Å². The lowest BCUT2D eigenvalue weighted by Crippen LogP contribution is -2.62. The molecule has 0 N–H and O–H groups in total. The van der Waals surface area contributed by atoms with Crippen LogP contribution in [0.15, 0.2) is 79.1 Å². The van der Waals surface area contributed by atoms with E-state index in [0.717, 1.165) is 22.3 Å². The fraction of sp³-hybridized carbons (Fsp3) is 0.296. The molecule has 2 aromatic carbocycles. The van der Waals surface area contributed by atoms with Crippen molar-refractivity contribution in [1.82, 2.24) is 14.8 Å². The lowest BCUT2D eigenvalue weighted by atomic mass is 9.87. The molecule has 6 heteroatoms. The Balaban J connectivity index is 1.64. The van der Waals surface area contributed by atoms with E-state index in [1.807, 2.05) is 48.5 Å². The predicted molar refractivity (Wildman–Crippen MR) is 127 cm³/mol. The molecule has 1 aliphatic rings. The number of carbonyl (C=O) groups is 2. The molecular weight excluding hydrogens is 414 g/mol. The number of hydrogen-bond donors (Lipinski definition) is 0. The first kappa shape index (κ1) is 22.7. The smallest absolute Gasteiger partial charge is 0.256 e. The van der Waals surface area contributed by atoms with E-state index in [4.69, 9.17) is 4.74 Å². The molecule has 0 spiro atoms. The van der Waals surface area contributed by atoms with E-state index in [-0.39, 0.29) is 24.8 Å². The van der Waals surface area contributed by atoms with E-state index in [0.29, 0.717) is 19.6 Å². The number of amides is 2. The molecule has 1 aliphatic heterocycles. The summed E-state index contributed by atoms with van der Waals surface area (Å²) in [5, 5.41) is 0. The number of likely N-dealkylation sites (N-methyl/N-ethyl adjacent to an activating group) is 1. The highest BCUT2D eigenvalue weighted by molar-refractivity contribution is 5.88. The van der Waals surface area contributed by atoms with Gasteiger partial charge in [-0.15, -0.1) is 0 Å². The van der Waals surface area contributed by atoms with Crippen molar-refractivity contribution in [3.05, 3.63) is 90.3 Å². The Morgan fingerprint density at radius 2 is 1.79 bits per heavy atom. The molecule has 6 nitrogen and oxygen atoms in total. The van der Waals surface area contributed by atoms with Crippen molar-refractivity contribution in [2.24, 2.45) is 0 Å². The van der Waals surface area contributed by atoms with E-state index in [9.17, 15) is 9.59 Å². The van der Waals surface area contributed by atoms with E-state index < -0.39 is 5.60 Å². The van der Waals surface area contributed by atoms with E-state index in [2.05, 4.69) is 23.2 Å². The summed E-state index contributed by atoms with van der Waals surface area (Å²) in [4.78, 5) is 34.0. The molecule has 1 atom stereocenters. The van der Waals surface area contributed by atoms with Crippen LogP contribution in [0.5, 0.6) is 0 Å². The summed E-state index contributed by atoms with van der Waals surface area (Å²) in [7, 11) is 3.46. The molecule has 0 bridgehead atoms. The minimum absolute atomic E-state index is 0.0291. The van der Waals surface area contributed by atoms with Crippen molar-refractivity contribution in [3.63, 3.8) is 0 Å². The Morgan fingerprint density at radius 1 is 1.03 bits per heavy atom.